The summed E-state index contributed by atoms with van der Waals surface area (Å²) in [5, 5.41) is 4.58. The first kappa shape index (κ1) is 26.3. The summed E-state index contributed by atoms with van der Waals surface area (Å²) in [5.41, 5.74) is 3.75. The summed E-state index contributed by atoms with van der Waals surface area (Å²) < 4.78 is 38.8. The molecule has 0 fully saturated rings. The molecule has 0 aliphatic carbocycles. The van der Waals surface area contributed by atoms with E-state index in [1.807, 2.05) is 6.92 Å². The van der Waals surface area contributed by atoms with Gasteiger partial charge in [-0.25, -0.2) is 13.8 Å². The lowest BCUT2D eigenvalue weighted by atomic mass is 10.2. The lowest BCUT2D eigenvalue weighted by Gasteiger charge is -2.25. The molecular weight excluding hydrogens is 513 g/mol. The third-order valence-electron chi connectivity index (χ3n) is 4.93. The highest BCUT2D eigenvalue weighted by Crippen LogP contribution is 2.35. The number of nitrogens with zero attached hydrogens (tertiary/aromatic N) is 2. The van der Waals surface area contributed by atoms with Crippen molar-refractivity contribution in [2.24, 2.45) is 5.10 Å². The number of nitrogens with one attached hydrogen (secondary N) is 1. The summed E-state index contributed by atoms with van der Waals surface area (Å²) in [7, 11) is -1.32. The smallest absolute Gasteiger partial charge is 0.264 e. The van der Waals surface area contributed by atoms with Crippen molar-refractivity contribution in [3.8, 4) is 11.5 Å². The number of hydrazone groups is 1. The molecule has 1 amide bonds. The first-order valence-corrected chi connectivity index (χ1v) is 12.4. The van der Waals surface area contributed by atoms with E-state index in [0.29, 0.717) is 21.4 Å². The maximum absolute atomic E-state index is 13.6. The van der Waals surface area contributed by atoms with Crippen LogP contribution in [0.3, 0.4) is 0 Å². The van der Waals surface area contributed by atoms with Crippen LogP contribution in [0.15, 0.2) is 70.7 Å². The molecule has 8 nitrogen and oxygen atoms in total. The van der Waals surface area contributed by atoms with Gasteiger partial charge in [0.2, 0.25) is 0 Å². The minimum atomic E-state index is -4.17. The molecule has 0 heterocycles. The quantitative estimate of drug-likeness (QED) is 0.317. The Labute approximate surface area is 214 Å². The number of carbonyl (C=O) groups is 1. The topological polar surface area (TPSA) is 97.3 Å². The highest BCUT2D eigenvalue weighted by molar-refractivity contribution is 7.92. The highest BCUT2D eigenvalue weighted by Gasteiger charge is 2.30. The fraction of sp³-hybridized carbons (Fsp3) is 0.167. The van der Waals surface area contributed by atoms with Gasteiger partial charge in [-0.1, -0.05) is 47.0 Å². The van der Waals surface area contributed by atoms with E-state index >= 15 is 0 Å². The minimum Gasteiger partial charge on any atom is -0.497 e. The SMILES string of the molecule is COc1ccc(OC)c(N(CC(=O)N/N=C\c2c(Cl)cccc2Cl)S(=O)(=O)c2ccc(C)cc2)c1. The molecule has 1 N–H and O–H groups in total. The van der Waals surface area contributed by atoms with Gasteiger partial charge < -0.3 is 9.47 Å². The van der Waals surface area contributed by atoms with Crippen LogP contribution < -0.4 is 19.2 Å². The first-order chi connectivity index (χ1) is 16.7. The van der Waals surface area contributed by atoms with Crippen molar-refractivity contribution in [2.45, 2.75) is 11.8 Å². The van der Waals surface area contributed by atoms with Gasteiger partial charge in [0.25, 0.3) is 15.9 Å². The standard InChI is InChI=1S/C24H23Cl2N3O5S/c1-16-7-10-18(11-8-16)35(31,32)29(22-13-17(33-2)9-12-23(22)34-3)15-24(30)28-27-14-19-20(25)5-4-6-21(19)26/h4-14H,15H2,1-3H3,(H,28,30)/b27-14-. The molecular formula is C24H23Cl2N3O5S. The van der Waals surface area contributed by atoms with Crippen molar-refractivity contribution in [1.82, 2.24) is 5.43 Å². The zero-order valence-electron chi connectivity index (χ0n) is 19.2. The van der Waals surface area contributed by atoms with E-state index in [2.05, 4.69) is 10.5 Å². The predicted octanol–water partition coefficient (Wildman–Crippen LogP) is 4.66. The summed E-state index contributed by atoms with van der Waals surface area (Å²) in [5.74, 6) is -0.0812. The van der Waals surface area contributed by atoms with E-state index in [1.54, 1.807) is 42.5 Å². The van der Waals surface area contributed by atoms with Gasteiger partial charge in [-0.3, -0.25) is 9.10 Å². The molecule has 0 radical (unpaired) electrons. The van der Waals surface area contributed by atoms with E-state index in [9.17, 15) is 13.2 Å². The van der Waals surface area contributed by atoms with Gasteiger partial charge >= 0.3 is 0 Å². The number of aryl methyl sites for hydroxylation is 1. The molecule has 184 valence electrons. The third kappa shape index (κ3) is 6.25. The minimum absolute atomic E-state index is 0.00660. The number of methoxy groups -OCH3 is 2. The van der Waals surface area contributed by atoms with Crippen LogP contribution in [0.25, 0.3) is 0 Å². The number of hydrogen-bond acceptors (Lipinski definition) is 6. The van der Waals surface area contributed by atoms with Crippen LogP contribution in [-0.2, 0) is 14.8 Å². The van der Waals surface area contributed by atoms with Crippen molar-refractivity contribution >= 4 is 51.0 Å². The maximum atomic E-state index is 13.6. The van der Waals surface area contributed by atoms with Crippen LogP contribution in [0.1, 0.15) is 11.1 Å². The van der Waals surface area contributed by atoms with Crippen molar-refractivity contribution < 1.29 is 22.7 Å². The molecule has 0 aromatic heterocycles. The lowest BCUT2D eigenvalue weighted by molar-refractivity contribution is -0.119. The molecule has 3 rings (SSSR count). The van der Waals surface area contributed by atoms with Gasteiger partial charge in [-0.15, -0.1) is 0 Å². The molecule has 0 unspecified atom stereocenters. The average Bonchev–Trinajstić information content (AvgIpc) is 2.84. The Morgan fingerprint density at radius 3 is 2.29 bits per heavy atom. The second-order valence-electron chi connectivity index (χ2n) is 7.29. The van der Waals surface area contributed by atoms with E-state index in [1.165, 1.54) is 38.6 Å². The Balaban J connectivity index is 1.97. The molecule has 3 aromatic rings. The summed E-state index contributed by atoms with van der Waals surface area (Å²) in [6, 6.07) is 15.9. The number of hydrogen-bond donors (Lipinski definition) is 1. The van der Waals surface area contributed by atoms with Crippen LogP contribution in [-0.4, -0.2) is 41.3 Å². The second kappa shape index (κ2) is 11.4. The van der Waals surface area contributed by atoms with Gasteiger partial charge in [0.15, 0.2) is 0 Å². The van der Waals surface area contributed by atoms with Crippen LogP contribution in [0.2, 0.25) is 10.0 Å². The Morgan fingerprint density at radius 1 is 1.03 bits per heavy atom. The Morgan fingerprint density at radius 2 is 1.69 bits per heavy atom. The molecule has 0 saturated carbocycles. The Hall–Kier alpha value is -3.27. The second-order valence-corrected chi connectivity index (χ2v) is 9.97. The maximum Gasteiger partial charge on any atom is 0.264 e. The van der Waals surface area contributed by atoms with Crippen molar-refractivity contribution in [2.75, 3.05) is 25.1 Å². The largest absolute Gasteiger partial charge is 0.497 e. The Bertz CT molecular complexity index is 1330. The molecule has 11 heteroatoms. The highest BCUT2D eigenvalue weighted by atomic mass is 35.5. The third-order valence-corrected chi connectivity index (χ3v) is 7.37. The number of amides is 1. The summed E-state index contributed by atoms with van der Waals surface area (Å²) >= 11 is 12.2. The molecule has 0 aliphatic rings. The fourth-order valence-electron chi connectivity index (χ4n) is 3.10. The van der Waals surface area contributed by atoms with Gasteiger partial charge in [0.1, 0.15) is 18.0 Å². The number of benzene rings is 3. The number of halogens is 2. The van der Waals surface area contributed by atoms with Crippen LogP contribution in [0, 0.1) is 6.92 Å². The van der Waals surface area contributed by atoms with E-state index in [0.717, 1.165) is 9.87 Å². The number of carbonyl (C=O) groups excluding carboxylic acids is 1. The van der Waals surface area contributed by atoms with Gasteiger partial charge in [-0.05, 0) is 43.3 Å². The number of anilines is 1. The zero-order valence-corrected chi connectivity index (χ0v) is 21.5. The number of rotatable bonds is 9. The predicted molar refractivity (Wildman–Crippen MR) is 137 cm³/mol. The van der Waals surface area contributed by atoms with E-state index in [4.69, 9.17) is 32.7 Å². The number of sulfonamides is 1. The average molecular weight is 536 g/mol. The lowest BCUT2D eigenvalue weighted by Crippen LogP contribution is -2.39. The molecule has 0 spiro atoms. The first-order valence-electron chi connectivity index (χ1n) is 10.2. The number of ether oxygens (including phenoxy) is 2. The molecule has 0 atom stereocenters. The normalized spacial score (nSPS) is 11.3. The zero-order chi connectivity index (χ0) is 25.6. The molecule has 0 aliphatic heterocycles. The van der Waals surface area contributed by atoms with Crippen LogP contribution in [0.4, 0.5) is 5.69 Å². The summed E-state index contributed by atoms with van der Waals surface area (Å²) in [6.07, 6.45) is 1.29. The van der Waals surface area contributed by atoms with Crippen molar-refractivity contribution in [1.29, 1.82) is 0 Å². The molecule has 0 saturated heterocycles. The fourth-order valence-corrected chi connectivity index (χ4v) is 5.02. The van der Waals surface area contributed by atoms with Crippen LogP contribution >= 0.6 is 23.2 Å². The molecule has 3 aromatic carbocycles. The van der Waals surface area contributed by atoms with Gasteiger partial charge in [0.05, 0.1) is 41.1 Å². The van der Waals surface area contributed by atoms with E-state index < -0.39 is 22.5 Å². The summed E-state index contributed by atoms with van der Waals surface area (Å²) in [4.78, 5) is 12.8. The van der Waals surface area contributed by atoms with Gasteiger partial charge in [0, 0.05) is 11.6 Å². The monoisotopic (exact) mass is 535 g/mol. The van der Waals surface area contributed by atoms with Crippen LogP contribution in [0.5, 0.6) is 11.5 Å². The van der Waals surface area contributed by atoms with Crippen molar-refractivity contribution in [3.05, 3.63) is 81.8 Å². The molecule has 35 heavy (non-hydrogen) atoms. The molecule has 0 bridgehead atoms. The van der Waals surface area contributed by atoms with Gasteiger partial charge in [-0.2, -0.15) is 5.10 Å². The van der Waals surface area contributed by atoms with E-state index in [-0.39, 0.29) is 16.3 Å². The Kier molecular flexibility index (Phi) is 8.61. The van der Waals surface area contributed by atoms with Crippen molar-refractivity contribution in [3.63, 3.8) is 0 Å². The summed E-state index contributed by atoms with van der Waals surface area (Å²) in [6.45, 7) is 1.25.